The van der Waals surface area contributed by atoms with Crippen LogP contribution in [-0.4, -0.2) is 23.0 Å². The molecule has 14 heavy (non-hydrogen) atoms. The summed E-state index contributed by atoms with van der Waals surface area (Å²) < 4.78 is 5.30. The standard InChI is InChI=1S/C8H10IN3O2/c1-3-4-5(9)6(10)12-7(11-4)8(13)14-2/h3H2,1-2H3,(H2,10,11,12). The van der Waals surface area contributed by atoms with E-state index in [1.807, 2.05) is 6.92 Å². The summed E-state index contributed by atoms with van der Waals surface area (Å²) in [6, 6.07) is 0. The van der Waals surface area contributed by atoms with E-state index in [9.17, 15) is 4.79 Å². The van der Waals surface area contributed by atoms with Crippen LogP contribution in [0.4, 0.5) is 5.82 Å². The van der Waals surface area contributed by atoms with Gasteiger partial charge in [0.1, 0.15) is 5.82 Å². The van der Waals surface area contributed by atoms with Crippen LogP contribution >= 0.6 is 22.6 Å². The molecule has 6 heteroatoms. The van der Waals surface area contributed by atoms with E-state index in [4.69, 9.17) is 5.73 Å². The lowest BCUT2D eigenvalue weighted by Crippen LogP contribution is -2.12. The Morgan fingerprint density at radius 1 is 1.57 bits per heavy atom. The van der Waals surface area contributed by atoms with Crippen molar-refractivity contribution in [1.29, 1.82) is 0 Å². The number of carbonyl (C=O) groups excluding carboxylic acids is 1. The van der Waals surface area contributed by atoms with Gasteiger partial charge in [0.25, 0.3) is 0 Å². The van der Waals surface area contributed by atoms with Gasteiger partial charge in [0, 0.05) is 0 Å². The molecule has 1 heterocycles. The monoisotopic (exact) mass is 307 g/mol. The van der Waals surface area contributed by atoms with Crippen LogP contribution in [0.2, 0.25) is 0 Å². The summed E-state index contributed by atoms with van der Waals surface area (Å²) in [5.74, 6) is -0.233. The number of anilines is 1. The molecule has 0 radical (unpaired) electrons. The van der Waals surface area contributed by atoms with Gasteiger partial charge in [0.05, 0.1) is 16.4 Å². The molecule has 0 fully saturated rings. The first kappa shape index (κ1) is 11.2. The highest BCUT2D eigenvalue weighted by molar-refractivity contribution is 14.1. The fourth-order valence-corrected chi connectivity index (χ4v) is 1.55. The number of rotatable bonds is 2. The number of hydrogen-bond donors (Lipinski definition) is 1. The zero-order valence-electron chi connectivity index (χ0n) is 7.87. The van der Waals surface area contributed by atoms with Crippen molar-refractivity contribution in [3.63, 3.8) is 0 Å². The molecule has 1 aromatic rings. The largest absolute Gasteiger partial charge is 0.463 e. The lowest BCUT2D eigenvalue weighted by molar-refractivity contribution is 0.0586. The Bertz CT molecular complexity index is 368. The van der Waals surface area contributed by atoms with Crippen molar-refractivity contribution in [3.05, 3.63) is 15.1 Å². The third-order valence-corrected chi connectivity index (χ3v) is 2.82. The number of aromatic nitrogens is 2. The lowest BCUT2D eigenvalue weighted by Gasteiger charge is -2.05. The number of methoxy groups -OCH3 is 1. The molecule has 0 saturated carbocycles. The molecule has 0 atom stereocenters. The van der Waals surface area contributed by atoms with Gasteiger partial charge in [-0.05, 0) is 29.0 Å². The summed E-state index contributed by atoms with van der Waals surface area (Å²) in [5, 5.41) is 0. The molecular formula is C8H10IN3O2. The number of ether oxygens (including phenoxy) is 1. The lowest BCUT2D eigenvalue weighted by atomic mass is 10.3. The van der Waals surface area contributed by atoms with Gasteiger partial charge in [-0.25, -0.2) is 14.8 Å². The molecule has 0 aliphatic rings. The number of aryl methyl sites for hydroxylation is 1. The van der Waals surface area contributed by atoms with Crippen molar-refractivity contribution in [1.82, 2.24) is 9.97 Å². The SMILES string of the molecule is CCc1nc(C(=O)OC)nc(N)c1I. The predicted molar refractivity (Wildman–Crippen MR) is 59.9 cm³/mol. The first-order chi connectivity index (χ1) is 6.60. The highest BCUT2D eigenvalue weighted by Crippen LogP contribution is 2.16. The molecule has 0 bridgehead atoms. The second-order valence-electron chi connectivity index (χ2n) is 2.54. The molecule has 0 saturated heterocycles. The molecule has 2 N–H and O–H groups in total. The maximum Gasteiger partial charge on any atom is 0.376 e. The second-order valence-corrected chi connectivity index (χ2v) is 3.62. The molecule has 0 aliphatic carbocycles. The average molecular weight is 307 g/mol. The number of nitrogens with two attached hydrogens (primary N) is 1. The van der Waals surface area contributed by atoms with E-state index >= 15 is 0 Å². The Balaban J connectivity index is 3.22. The van der Waals surface area contributed by atoms with Gasteiger partial charge in [-0.15, -0.1) is 0 Å². The fourth-order valence-electron chi connectivity index (χ4n) is 0.930. The van der Waals surface area contributed by atoms with Crippen LogP contribution < -0.4 is 5.73 Å². The molecule has 0 unspecified atom stereocenters. The molecule has 5 nitrogen and oxygen atoms in total. The molecular weight excluding hydrogens is 297 g/mol. The Morgan fingerprint density at radius 3 is 2.71 bits per heavy atom. The normalized spacial score (nSPS) is 9.93. The van der Waals surface area contributed by atoms with E-state index in [-0.39, 0.29) is 5.82 Å². The van der Waals surface area contributed by atoms with Crippen molar-refractivity contribution in [2.24, 2.45) is 0 Å². The molecule has 0 aliphatic heterocycles. The summed E-state index contributed by atoms with van der Waals surface area (Å²) in [6.45, 7) is 1.94. The summed E-state index contributed by atoms with van der Waals surface area (Å²) in [7, 11) is 1.28. The number of carbonyl (C=O) groups is 1. The molecule has 0 spiro atoms. The minimum absolute atomic E-state index is 0.0160. The number of halogens is 1. The minimum Gasteiger partial charge on any atom is -0.463 e. The van der Waals surface area contributed by atoms with E-state index in [2.05, 4.69) is 37.3 Å². The zero-order chi connectivity index (χ0) is 10.7. The summed E-state index contributed by atoms with van der Waals surface area (Å²) in [4.78, 5) is 19.0. The maximum atomic E-state index is 11.1. The van der Waals surface area contributed by atoms with E-state index < -0.39 is 5.97 Å². The van der Waals surface area contributed by atoms with Crippen molar-refractivity contribution in [2.75, 3.05) is 12.8 Å². The summed E-state index contributed by atoms with van der Waals surface area (Å²) in [5.41, 5.74) is 6.39. The molecule has 0 amide bonds. The van der Waals surface area contributed by atoms with Crippen LogP contribution in [0.5, 0.6) is 0 Å². The Labute approximate surface area is 95.2 Å². The van der Waals surface area contributed by atoms with Gasteiger partial charge in [-0.2, -0.15) is 0 Å². The smallest absolute Gasteiger partial charge is 0.376 e. The molecule has 1 rings (SSSR count). The predicted octanol–water partition coefficient (Wildman–Crippen LogP) is 1.01. The second kappa shape index (κ2) is 4.54. The summed E-state index contributed by atoms with van der Waals surface area (Å²) in [6.07, 6.45) is 0.703. The maximum absolute atomic E-state index is 11.1. The number of hydrogen-bond acceptors (Lipinski definition) is 5. The number of esters is 1. The first-order valence-corrected chi connectivity index (χ1v) is 5.08. The Hall–Kier alpha value is -0.920. The minimum atomic E-state index is -0.567. The number of nitrogens with zero attached hydrogens (tertiary/aromatic N) is 2. The van der Waals surface area contributed by atoms with Crippen molar-refractivity contribution < 1.29 is 9.53 Å². The Kier molecular flexibility index (Phi) is 3.62. The van der Waals surface area contributed by atoms with Crippen LogP contribution in [0.15, 0.2) is 0 Å². The highest BCUT2D eigenvalue weighted by atomic mass is 127. The number of nitrogen functional groups attached to an aromatic ring is 1. The van der Waals surface area contributed by atoms with Crippen LogP contribution in [0.3, 0.4) is 0 Å². The van der Waals surface area contributed by atoms with Gasteiger partial charge in [-0.3, -0.25) is 0 Å². The molecule has 76 valence electrons. The van der Waals surface area contributed by atoms with Gasteiger partial charge < -0.3 is 10.5 Å². The zero-order valence-corrected chi connectivity index (χ0v) is 10.0. The molecule has 0 aromatic carbocycles. The quantitative estimate of drug-likeness (QED) is 0.652. The van der Waals surface area contributed by atoms with E-state index in [0.29, 0.717) is 12.2 Å². The fraction of sp³-hybridized carbons (Fsp3) is 0.375. The first-order valence-electron chi connectivity index (χ1n) is 4.00. The van der Waals surface area contributed by atoms with Gasteiger partial charge in [-0.1, -0.05) is 6.92 Å². The van der Waals surface area contributed by atoms with Crippen LogP contribution in [0.1, 0.15) is 23.2 Å². The van der Waals surface area contributed by atoms with Crippen molar-refractivity contribution in [3.8, 4) is 0 Å². The van der Waals surface area contributed by atoms with Gasteiger partial charge >= 0.3 is 5.97 Å². The van der Waals surface area contributed by atoms with E-state index in [1.165, 1.54) is 7.11 Å². The van der Waals surface area contributed by atoms with Crippen LogP contribution in [0, 0.1) is 3.57 Å². The van der Waals surface area contributed by atoms with E-state index in [0.717, 1.165) is 9.26 Å². The summed E-state index contributed by atoms with van der Waals surface area (Å²) >= 11 is 2.05. The molecule has 1 aromatic heterocycles. The average Bonchev–Trinajstić information content (AvgIpc) is 2.20. The van der Waals surface area contributed by atoms with Crippen molar-refractivity contribution >= 4 is 34.4 Å². The third kappa shape index (κ3) is 2.11. The van der Waals surface area contributed by atoms with Crippen LogP contribution in [-0.2, 0) is 11.2 Å². The van der Waals surface area contributed by atoms with Crippen LogP contribution in [0.25, 0.3) is 0 Å². The topological polar surface area (TPSA) is 78.1 Å². The van der Waals surface area contributed by atoms with Gasteiger partial charge in [0.2, 0.25) is 5.82 Å². The van der Waals surface area contributed by atoms with Crippen molar-refractivity contribution in [2.45, 2.75) is 13.3 Å². The Morgan fingerprint density at radius 2 is 2.21 bits per heavy atom. The highest BCUT2D eigenvalue weighted by Gasteiger charge is 2.14. The van der Waals surface area contributed by atoms with E-state index in [1.54, 1.807) is 0 Å². The van der Waals surface area contributed by atoms with Gasteiger partial charge in [0.15, 0.2) is 0 Å². The third-order valence-electron chi connectivity index (χ3n) is 1.65.